The average Bonchev–Trinajstić information content (AvgIpc) is 2.73. The predicted molar refractivity (Wildman–Crippen MR) is 123 cm³/mol. The molecule has 0 radical (unpaired) electrons. The summed E-state index contributed by atoms with van der Waals surface area (Å²) in [5.41, 5.74) is 6.09. The van der Waals surface area contributed by atoms with Gasteiger partial charge in [0.05, 0.1) is 12.5 Å². The van der Waals surface area contributed by atoms with Gasteiger partial charge in [0.2, 0.25) is 0 Å². The SMILES string of the molecule is CC(C)OC(=O)[C@H](Cc1ccc2c(c1)OC(=O)C(N)CC(=O)O2)NC(=O)OC(C)CC(=O)C(C)C. The zero-order valence-electron chi connectivity index (χ0n) is 20.5. The molecule has 0 spiro atoms. The summed E-state index contributed by atoms with van der Waals surface area (Å²) in [5.74, 6) is -2.47. The zero-order chi connectivity index (χ0) is 26.3. The number of alkyl carbamates (subject to hydrolysis) is 1. The van der Waals surface area contributed by atoms with Gasteiger partial charge in [-0.2, -0.15) is 0 Å². The maximum absolute atomic E-state index is 12.7. The highest BCUT2D eigenvalue weighted by atomic mass is 16.6. The van der Waals surface area contributed by atoms with Crippen LogP contribution in [0.25, 0.3) is 0 Å². The van der Waals surface area contributed by atoms with Crippen molar-refractivity contribution >= 4 is 29.8 Å². The normalized spacial score (nSPS) is 17.3. The fraction of sp³-hybridized carbons (Fsp3) is 0.542. The molecule has 11 nitrogen and oxygen atoms in total. The van der Waals surface area contributed by atoms with Gasteiger partial charge in [0, 0.05) is 18.8 Å². The number of esters is 3. The van der Waals surface area contributed by atoms with Crippen LogP contribution in [0.2, 0.25) is 0 Å². The standard InChI is InChI=1S/C24H32N2O9/c1-12(2)18(27)8-14(5)33-24(31)26-17(23(30)32-13(3)4)9-15-6-7-19-20(10-15)35-22(29)16(25)11-21(28)34-19/h6-7,10,12-14,16-17H,8-9,11,25H2,1-5H3,(H,26,31)/t14?,16?,17-/m0/s1. The summed E-state index contributed by atoms with van der Waals surface area (Å²) < 4.78 is 20.9. The van der Waals surface area contributed by atoms with Crippen LogP contribution < -0.4 is 20.5 Å². The third-order valence-electron chi connectivity index (χ3n) is 4.94. The summed E-state index contributed by atoms with van der Waals surface area (Å²) in [5, 5.41) is 2.47. The van der Waals surface area contributed by atoms with Crippen molar-refractivity contribution in [1.29, 1.82) is 0 Å². The second kappa shape index (κ2) is 12.3. The number of Topliss-reactive ketones (excluding diaryl/α,β-unsaturated/α-hetero) is 1. The molecule has 0 aromatic heterocycles. The number of carbonyl (C=O) groups excluding carboxylic acids is 5. The molecular weight excluding hydrogens is 460 g/mol. The molecule has 1 aromatic rings. The first-order valence-corrected chi connectivity index (χ1v) is 11.4. The highest BCUT2D eigenvalue weighted by molar-refractivity contribution is 5.87. The number of hydrogen-bond acceptors (Lipinski definition) is 10. The molecule has 0 bridgehead atoms. The molecule has 1 aromatic carbocycles. The van der Waals surface area contributed by atoms with Crippen molar-refractivity contribution in [3.63, 3.8) is 0 Å². The van der Waals surface area contributed by atoms with E-state index in [1.54, 1.807) is 40.7 Å². The second-order valence-corrected chi connectivity index (χ2v) is 8.91. The van der Waals surface area contributed by atoms with Crippen LogP contribution in [0.3, 0.4) is 0 Å². The van der Waals surface area contributed by atoms with Crippen molar-refractivity contribution < 1.29 is 42.9 Å². The van der Waals surface area contributed by atoms with E-state index >= 15 is 0 Å². The zero-order valence-corrected chi connectivity index (χ0v) is 20.5. The maximum atomic E-state index is 12.7. The Bertz CT molecular complexity index is 974. The van der Waals surface area contributed by atoms with Gasteiger partial charge in [-0.15, -0.1) is 0 Å². The van der Waals surface area contributed by atoms with Gasteiger partial charge in [-0.05, 0) is 38.5 Å². The number of nitrogens with two attached hydrogens (primary N) is 1. The molecule has 0 saturated carbocycles. The lowest BCUT2D eigenvalue weighted by atomic mass is 10.0. The number of ether oxygens (including phenoxy) is 4. The Morgan fingerprint density at radius 3 is 2.37 bits per heavy atom. The average molecular weight is 493 g/mol. The lowest BCUT2D eigenvalue weighted by molar-refractivity contribution is -0.150. The molecule has 3 N–H and O–H groups in total. The molecule has 192 valence electrons. The Labute approximate surface area is 203 Å². The minimum atomic E-state index is -1.17. The molecule has 1 aliphatic rings. The van der Waals surface area contributed by atoms with Crippen LogP contribution in [0, 0.1) is 5.92 Å². The molecule has 1 amide bonds. The van der Waals surface area contributed by atoms with Crippen LogP contribution >= 0.6 is 0 Å². The maximum Gasteiger partial charge on any atom is 0.408 e. The van der Waals surface area contributed by atoms with Crippen molar-refractivity contribution in [3.8, 4) is 11.5 Å². The third-order valence-corrected chi connectivity index (χ3v) is 4.94. The number of fused-ring (bicyclic) bond motifs is 1. The van der Waals surface area contributed by atoms with E-state index in [0.717, 1.165) is 0 Å². The molecule has 35 heavy (non-hydrogen) atoms. The molecule has 0 aliphatic carbocycles. The Kier molecular flexibility index (Phi) is 9.76. The number of nitrogens with one attached hydrogen (secondary N) is 1. The lowest BCUT2D eigenvalue weighted by Crippen LogP contribution is -2.45. The van der Waals surface area contributed by atoms with Gasteiger partial charge >= 0.3 is 24.0 Å². The number of rotatable bonds is 9. The first-order valence-electron chi connectivity index (χ1n) is 11.4. The number of benzene rings is 1. The summed E-state index contributed by atoms with van der Waals surface area (Å²) in [4.78, 5) is 60.9. The van der Waals surface area contributed by atoms with E-state index in [2.05, 4.69) is 5.32 Å². The van der Waals surface area contributed by atoms with Crippen LogP contribution in [0.5, 0.6) is 11.5 Å². The molecule has 0 saturated heterocycles. The van der Waals surface area contributed by atoms with Gasteiger partial charge < -0.3 is 30.0 Å². The van der Waals surface area contributed by atoms with Crippen LogP contribution in [0.1, 0.15) is 53.0 Å². The Balaban J connectivity index is 2.18. The summed E-state index contributed by atoms with van der Waals surface area (Å²) in [6.45, 7) is 8.41. The summed E-state index contributed by atoms with van der Waals surface area (Å²) in [6.07, 6.45) is -2.36. The number of carbonyl (C=O) groups is 5. The summed E-state index contributed by atoms with van der Waals surface area (Å²) >= 11 is 0. The summed E-state index contributed by atoms with van der Waals surface area (Å²) in [6, 6.07) is 2.05. The molecule has 1 heterocycles. The van der Waals surface area contributed by atoms with Gasteiger partial charge in [-0.3, -0.25) is 9.59 Å². The number of ketones is 1. The molecule has 2 rings (SSSR count). The van der Waals surface area contributed by atoms with E-state index in [-0.39, 0.29) is 42.5 Å². The first-order chi connectivity index (χ1) is 16.3. The Hall–Kier alpha value is -3.47. The van der Waals surface area contributed by atoms with Crippen molar-refractivity contribution in [2.75, 3.05) is 0 Å². The van der Waals surface area contributed by atoms with Gasteiger partial charge in [0.25, 0.3) is 0 Å². The molecular formula is C24H32N2O9. The second-order valence-electron chi connectivity index (χ2n) is 8.91. The van der Waals surface area contributed by atoms with Gasteiger partial charge in [0.15, 0.2) is 11.5 Å². The fourth-order valence-electron chi connectivity index (χ4n) is 3.12. The van der Waals surface area contributed by atoms with Crippen molar-refractivity contribution in [3.05, 3.63) is 23.8 Å². The topological polar surface area (TPSA) is 160 Å². The van der Waals surface area contributed by atoms with E-state index in [1.807, 2.05) is 0 Å². The quantitative estimate of drug-likeness (QED) is 0.384. The Morgan fingerprint density at radius 2 is 1.74 bits per heavy atom. The van der Waals surface area contributed by atoms with Crippen molar-refractivity contribution in [1.82, 2.24) is 5.32 Å². The fourth-order valence-corrected chi connectivity index (χ4v) is 3.12. The predicted octanol–water partition coefficient (Wildman–Crippen LogP) is 1.82. The van der Waals surface area contributed by atoms with E-state index in [4.69, 9.17) is 24.7 Å². The highest BCUT2D eigenvalue weighted by Gasteiger charge is 2.29. The monoisotopic (exact) mass is 492 g/mol. The highest BCUT2D eigenvalue weighted by Crippen LogP contribution is 2.31. The first kappa shape index (κ1) is 27.8. The van der Waals surface area contributed by atoms with Gasteiger partial charge in [-0.25, -0.2) is 14.4 Å². The molecule has 0 fully saturated rings. The van der Waals surface area contributed by atoms with Gasteiger partial charge in [-0.1, -0.05) is 19.9 Å². The number of amides is 1. The van der Waals surface area contributed by atoms with Crippen LogP contribution in [0.4, 0.5) is 4.79 Å². The minimum absolute atomic E-state index is 0.0244. The smallest absolute Gasteiger partial charge is 0.408 e. The van der Waals surface area contributed by atoms with E-state index in [0.29, 0.717) is 5.56 Å². The summed E-state index contributed by atoms with van der Waals surface area (Å²) in [7, 11) is 0. The molecule has 3 atom stereocenters. The van der Waals surface area contributed by atoms with Crippen molar-refractivity contribution in [2.45, 2.75) is 78.2 Å². The largest absolute Gasteiger partial charge is 0.461 e. The minimum Gasteiger partial charge on any atom is -0.461 e. The van der Waals surface area contributed by atoms with Gasteiger partial charge in [0.1, 0.15) is 24.0 Å². The molecule has 2 unspecified atom stereocenters. The van der Waals surface area contributed by atoms with Crippen molar-refractivity contribution in [2.24, 2.45) is 11.7 Å². The lowest BCUT2D eigenvalue weighted by Gasteiger charge is -2.22. The van der Waals surface area contributed by atoms with E-state index < -0.39 is 48.3 Å². The van der Waals surface area contributed by atoms with Crippen LogP contribution in [-0.4, -0.2) is 54.1 Å². The number of hydrogen-bond donors (Lipinski definition) is 2. The van der Waals surface area contributed by atoms with E-state index in [1.165, 1.54) is 12.1 Å². The van der Waals surface area contributed by atoms with Crippen LogP contribution in [-0.2, 0) is 35.1 Å². The van der Waals surface area contributed by atoms with Crippen LogP contribution in [0.15, 0.2) is 18.2 Å². The van der Waals surface area contributed by atoms with E-state index in [9.17, 15) is 24.0 Å². The molecule has 11 heteroatoms. The third kappa shape index (κ3) is 8.67. The molecule has 1 aliphatic heterocycles. The Morgan fingerprint density at radius 1 is 1.06 bits per heavy atom.